The molecule has 1 aliphatic carbocycles. The fourth-order valence-corrected chi connectivity index (χ4v) is 2.68. The molecule has 1 saturated carbocycles. The number of pyridine rings is 1. The van der Waals surface area contributed by atoms with Gasteiger partial charge in [-0.2, -0.15) is 0 Å². The van der Waals surface area contributed by atoms with Crippen LogP contribution in [0.4, 0.5) is 5.69 Å². The van der Waals surface area contributed by atoms with Crippen LogP contribution in [0.1, 0.15) is 43.1 Å². The SMILES string of the molecule is CC1CCCC(CNc2ccnc(C(N)=O)c2)C1. The molecule has 0 saturated heterocycles. The predicted molar refractivity (Wildman–Crippen MR) is 72.4 cm³/mol. The summed E-state index contributed by atoms with van der Waals surface area (Å²) >= 11 is 0. The van der Waals surface area contributed by atoms with Gasteiger partial charge in [0, 0.05) is 18.4 Å². The smallest absolute Gasteiger partial charge is 0.267 e. The van der Waals surface area contributed by atoms with Gasteiger partial charge < -0.3 is 11.1 Å². The van der Waals surface area contributed by atoms with Gasteiger partial charge >= 0.3 is 0 Å². The molecule has 1 aliphatic rings. The van der Waals surface area contributed by atoms with Crippen molar-refractivity contribution in [1.82, 2.24) is 4.98 Å². The highest BCUT2D eigenvalue weighted by atomic mass is 16.1. The number of rotatable bonds is 4. The number of hydrogen-bond acceptors (Lipinski definition) is 3. The molecule has 2 rings (SSSR count). The van der Waals surface area contributed by atoms with Crippen LogP contribution < -0.4 is 11.1 Å². The Morgan fingerprint density at radius 1 is 1.56 bits per heavy atom. The second-order valence-corrected chi connectivity index (χ2v) is 5.31. The molecule has 3 N–H and O–H groups in total. The average molecular weight is 247 g/mol. The van der Waals surface area contributed by atoms with Crippen molar-refractivity contribution in [3.63, 3.8) is 0 Å². The highest BCUT2D eigenvalue weighted by Gasteiger charge is 2.18. The van der Waals surface area contributed by atoms with E-state index in [1.54, 1.807) is 12.3 Å². The summed E-state index contributed by atoms with van der Waals surface area (Å²) in [6, 6.07) is 3.59. The number of carbonyl (C=O) groups excluding carboxylic acids is 1. The maximum atomic E-state index is 11.0. The van der Waals surface area contributed by atoms with E-state index in [2.05, 4.69) is 17.2 Å². The van der Waals surface area contributed by atoms with Gasteiger partial charge in [0.1, 0.15) is 5.69 Å². The van der Waals surface area contributed by atoms with Crippen LogP contribution in [0.3, 0.4) is 0 Å². The number of amides is 1. The van der Waals surface area contributed by atoms with E-state index in [9.17, 15) is 4.79 Å². The number of anilines is 1. The van der Waals surface area contributed by atoms with E-state index in [1.807, 2.05) is 6.07 Å². The fraction of sp³-hybridized carbons (Fsp3) is 0.571. The zero-order chi connectivity index (χ0) is 13.0. The molecule has 1 amide bonds. The zero-order valence-corrected chi connectivity index (χ0v) is 10.9. The Labute approximate surface area is 108 Å². The third-order valence-corrected chi connectivity index (χ3v) is 3.65. The lowest BCUT2D eigenvalue weighted by atomic mass is 9.82. The normalized spacial score (nSPS) is 23.6. The van der Waals surface area contributed by atoms with Crippen LogP contribution in [0.5, 0.6) is 0 Å². The Hall–Kier alpha value is -1.58. The quantitative estimate of drug-likeness (QED) is 0.858. The molecule has 1 fully saturated rings. The summed E-state index contributed by atoms with van der Waals surface area (Å²) in [5.74, 6) is 1.09. The van der Waals surface area contributed by atoms with Crippen molar-refractivity contribution in [2.75, 3.05) is 11.9 Å². The zero-order valence-electron chi connectivity index (χ0n) is 10.9. The summed E-state index contributed by atoms with van der Waals surface area (Å²) in [7, 11) is 0. The highest BCUT2D eigenvalue weighted by Crippen LogP contribution is 2.28. The summed E-state index contributed by atoms with van der Waals surface area (Å²) in [6.07, 6.45) is 6.89. The number of primary amides is 1. The van der Waals surface area contributed by atoms with Gasteiger partial charge in [-0.3, -0.25) is 9.78 Å². The van der Waals surface area contributed by atoms with E-state index < -0.39 is 5.91 Å². The van der Waals surface area contributed by atoms with Crippen LogP contribution in [0.15, 0.2) is 18.3 Å². The van der Waals surface area contributed by atoms with Gasteiger partial charge in [-0.1, -0.05) is 19.8 Å². The van der Waals surface area contributed by atoms with Crippen LogP contribution in [-0.4, -0.2) is 17.4 Å². The van der Waals surface area contributed by atoms with Crippen molar-refractivity contribution in [1.29, 1.82) is 0 Å². The van der Waals surface area contributed by atoms with Gasteiger partial charge in [0.15, 0.2) is 0 Å². The third-order valence-electron chi connectivity index (χ3n) is 3.65. The van der Waals surface area contributed by atoms with Gasteiger partial charge in [0.05, 0.1) is 0 Å². The molecule has 2 unspecified atom stereocenters. The van der Waals surface area contributed by atoms with E-state index in [1.165, 1.54) is 25.7 Å². The van der Waals surface area contributed by atoms with Crippen LogP contribution >= 0.6 is 0 Å². The molecule has 0 spiro atoms. The Morgan fingerprint density at radius 3 is 3.11 bits per heavy atom. The third kappa shape index (κ3) is 3.45. The van der Waals surface area contributed by atoms with Crippen molar-refractivity contribution in [3.8, 4) is 0 Å². The molecule has 18 heavy (non-hydrogen) atoms. The second-order valence-electron chi connectivity index (χ2n) is 5.31. The summed E-state index contributed by atoms with van der Waals surface area (Å²) in [5, 5.41) is 3.38. The number of nitrogens with two attached hydrogens (primary N) is 1. The van der Waals surface area contributed by atoms with Gasteiger partial charge in [-0.05, 0) is 36.8 Å². The van der Waals surface area contributed by atoms with Gasteiger partial charge in [-0.25, -0.2) is 0 Å². The molecule has 98 valence electrons. The van der Waals surface area contributed by atoms with E-state index in [0.29, 0.717) is 5.69 Å². The maximum absolute atomic E-state index is 11.0. The number of aromatic nitrogens is 1. The first kappa shape index (κ1) is 12.9. The molecule has 0 bridgehead atoms. The van der Waals surface area contributed by atoms with E-state index >= 15 is 0 Å². The first-order valence-electron chi connectivity index (χ1n) is 6.65. The number of carbonyl (C=O) groups is 1. The van der Waals surface area contributed by atoms with E-state index in [-0.39, 0.29) is 0 Å². The largest absolute Gasteiger partial charge is 0.385 e. The van der Waals surface area contributed by atoms with E-state index in [0.717, 1.165) is 24.1 Å². The van der Waals surface area contributed by atoms with Crippen molar-refractivity contribution in [2.24, 2.45) is 17.6 Å². The summed E-state index contributed by atoms with van der Waals surface area (Å²) in [5.41, 5.74) is 6.46. The van der Waals surface area contributed by atoms with Gasteiger partial charge in [0.2, 0.25) is 0 Å². The molecule has 4 heteroatoms. The molecule has 0 radical (unpaired) electrons. The van der Waals surface area contributed by atoms with Crippen LogP contribution in [0.25, 0.3) is 0 Å². The minimum atomic E-state index is -0.482. The van der Waals surface area contributed by atoms with Crippen LogP contribution in [-0.2, 0) is 0 Å². The van der Waals surface area contributed by atoms with Crippen molar-refractivity contribution < 1.29 is 4.79 Å². The van der Waals surface area contributed by atoms with Crippen molar-refractivity contribution in [3.05, 3.63) is 24.0 Å². The summed E-state index contributed by atoms with van der Waals surface area (Å²) < 4.78 is 0. The molecule has 0 aromatic carbocycles. The lowest BCUT2D eigenvalue weighted by molar-refractivity contribution is 0.0995. The molecule has 1 aromatic heterocycles. The van der Waals surface area contributed by atoms with Crippen molar-refractivity contribution in [2.45, 2.75) is 32.6 Å². The Morgan fingerprint density at radius 2 is 2.39 bits per heavy atom. The number of hydrogen-bond donors (Lipinski definition) is 2. The molecule has 0 aliphatic heterocycles. The minimum absolute atomic E-state index is 0.317. The monoisotopic (exact) mass is 247 g/mol. The molecule has 1 heterocycles. The topological polar surface area (TPSA) is 68.0 Å². The lowest BCUT2D eigenvalue weighted by Gasteiger charge is -2.27. The highest BCUT2D eigenvalue weighted by molar-refractivity contribution is 5.91. The van der Waals surface area contributed by atoms with Crippen LogP contribution in [0, 0.1) is 11.8 Å². The molecule has 1 aromatic rings. The average Bonchev–Trinajstić information content (AvgIpc) is 2.37. The van der Waals surface area contributed by atoms with Crippen LogP contribution in [0.2, 0.25) is 0 Å². The van der Waals surface area contributed by atoms with E-state index in [4.69, 9.17) is 5.73 Å². The van der Waals surface area contributed by atoms with Gasteiger partial charge in [0.25, 0.3) is 5.91 Å². The Balaban J connectivity index is 1.89. The van der Waals surface area contributed by atoms with Gasteiger partial charge in [-0.15, -0.1) is 0 Å². The molecule has 4 nitrogen and oxygen atoms in total. The standard InChI is InChI=1S/C14H21N3O/c1-10-3-2-4-11(7-10)9-17-12-5-6-16-13(8-12)14(15)18/h5-6,8,10-11H,2-4,7,9H2,1H3,(H2,15,18)(H,16,17). The number of nitrogens with one attached hydrogen (secondary N) is 1. The molecule has 2 atom stereocenters. The lowest BCUT2D eigenvalue weighted by Crippen LogP contribution is -2.21. The number of nitrogens with zero attached hydrogens (tertiary/aromatic N) is 1. The molecular formula is C14H21N3O. The predicted octanol–water partition coefficient (Wildman–Crippen LogP) is 2.42. The summed E-state index contributed by atoms with van der Waals surface area (Å²) in [4.78, 5) is 15.0. The Kier molecular flexibility index (Phi) is 4.18. The Bertz CT molecular complexity index is 419. The first-order chi connectivity index (χ1) is 8.65. The second kappa shape index (κ2) is 5.85. The fourth-order valence-electron chi connectivity index (χ4n) is 2.68. The minimum Gasteiger partial charge on any atom is -0.385 e. The molecular weight excluding hydrogens is 226 g/mol. The summed E-state index contributed by atoms with van der Waals surface area (Å²) in [6.45, 7) is 3.29. The maximum Gasteiger partial charge on any atom is 0.267 e. The first-order valence-corrected chi connectivity index (χ1v) is 6.65. The van der Waals surface area contributed by atoms with Crippen molar-refractivity contribution >= 4 is 11.6 Å².